The van der Waals surface area contributed by atoms with Gasteiger partial charge in [0.15, 0.2) is 0 Å². The van der Waals surface area contributed by atoms with Gasteiger partial charge < -0.3 is 14.6 Å². The maximum Gasteiger partial charge on any atom is 0.119 e. The highest BCUT2D eigenvalue weighted by atomic mass is 16.5. The van der Waals surface area contributed by atoms with Gasteiger partial charge in [0.05, 0.1) is 13.2 Å². The highest BCUT2D eigenvalue weighted by Crippen LogP contribution is 2.13. The zero-order chi connectivity index (χ0) is 11.1. The Kier molecular flexibility index (Phi) is 5.15. The van der Waals surface area contributed by atoms with Crippen molar-refractivity contribution < 1.29 is 14.6 Å². The highest BCUT2D eigenvalue weighted by Gasteiger charge is 2.01. The summed E-state index contributed by atoms with van der Waals surface area (Å²) >= 11 is 0. The number of benzene rings is 1. The van der Waals surface area contributed by atoms with Gasteiger partial charge in [0, 0.05) is 19.6 Å². The quantitative estimate of drug-likeness (QED) is 0.778. The molecule has 1 aromatic rings. The summed E-state index contributed by atoms with van der Waals surface area (Å²) in [5.41, 5.74) is 1.13. The molecule has 84 valence electrons. The van der Waals surface area contributed by atoms with Crippen LogP contribution in [-0.2, 0) is 11.3 Å². The van der Waals surface area contributed by atoms with Crippen molar-refractivity contribution in [2.24, 2.45) is 5.92 Å². The molecule has 0 aliphatic rings. The van der Waals surface area contributed by atoms with Crippen LogP contribution in [0.2, 0.25) is 0 Å². The average Bonchev–Trinajstić information content (AvgIpc) is 2.28. The van der Waals surface area contributed by atoms with Crippen LogP contribution in [0.4, 0.5) is 0 Å². The molecular formula is C12H18O3. The molecule has 3 nitrogen and oxygen atoms in total. The zero-order valence-electron chi connectivity index (χ0n) is 9.27. The summed E-state index contributed by atoms with van der Waals surface area (Å²) in [5, 5.41) is 8.83. The minimum Gasteiger partial charge on any atom is -0.493 e. The van der Waals surface area contributed by atoms with Crippen LogP contribution in [0.25, 0.3) is 0 Å². The summed E-state index contributed by atoms with van der Waals surface area (Å²) in [6.45, 7) is 3.26. The lowest BCUT2D eigenvalue weighted by Crippen LogP contribution is -2.12. The Balaban J connectivity index is 2.42. The van der Waals surface area contributed by atoms with Crippen molar-refractivity contribution in [1.29, 1.82) is 0 Å². The molecule has 0 amide bonds. The van der Waals surface area contributed by atoms with Crippen LogP contribution >= 0.6 is 0 Å². The smallest absolute Gasteiger partial charge is 0.119 e. The molecule has 0 fully saturated rings. The second-order valence-corrected chi connectivity index (χ2v) is 3.68. The third-order valence-electron chi connectivity index (χ3n) is 2.08. The Morgan fingerprint density at radius 3 is 2.47 bits per heavy atom. The topological polar surface area (TPSA) is 38.7 Å². The molecular weight excluding hydrogens is 192 g/mol. The van der Waals surface area contributed by atoms with E-state index in [1.54, 1.807) is 7.11 Å². The monoisotopic (exact) mass is 210 g/mol. The van der Waals surface area contributed by atoms with Crippen LogP contribution in [0.5, 0.6) is 5.75 Å². The molecule has 1 unspecified atom stereocenters. The van der Waals surface area contributed by atoms with Crippen molar-refractivity contribution in [1.82, 2.24) is 0 Å². The molecule has 0 saturated carbocycles. The van der Waals surface area contributed by atoms with E-state index < -0.39 is 0 Å². The van der Waals surface area contributed by atoms with Gasteiger partial charge in [-0.25, -0.2) is 0 Å². The Morgan fingerprint density at radius 1 is 1.27 bits per heavy atom. The second-order valence-electron chi connectivity index (χ2n) is 3.68. The Bertz CT molecular complexity index is 269. The van der Waals surface area contributed by atoms with E-state index >= 15 is 0 Å². The number of aliphatic hydroxyl groups excluding tert-OH is 1. The number of ether oxygens (including phenoxy) is 2. The molecule has 0 saturated heterocycles. The van der Waals surface area contributed by atoms with E-state index in [4.69, 9.17) is 14.6 Å². The maximum absolute atomic E-state index is 8.83. The molecule has 3 heteroatoms. The molecule has 0 aliphatic heterocycles. The summed E-state index contributed by atoms with van der Waals surface area (Å²) in [6, 6.07) is 7.78. The number of methoxy groups -OCH3 is 1. The standard InChI is InChI=1S/C12H18O3/c1-10(7-13)8-15-12-5-3-11(4-6-12)9-14-2/h3-6,10,13H,7-9H2,1-2H3. The van der Waals surface area contributed by atoms with E-state index in [0.29, 0.717) is 13.2 Å². The fourth-order valence-electron chi connectivity index (χ4n) is 1.14. The molecule has 0 radical (unpaired) electrons. The average molecular weight is 210 g/mol. The van der Waals surface area contributed by atoms with Crippen LogP contribution in [-0.4, -0.2) is 25.4 Å². The molecule has 0 aliphatic carbocycles. The molecule has 0 spiro atoms. The lowest BCUT2D eigenvalue weighted by atomic mass is 10.2. The van der Waals surface area contributed by atoms with Gasteiger partial charge in [0.25, 0.3) is 0 Å². The van der Waals surface area contributed by atoms with Crippen molar-refractivity contribution in [2.75, 3.05) is 20.3 Å². The first-order chi connectivity index (χ1) is 7.26. The first kappa shape index (κ1) is 12.0. The minimum atomic E-state index is 0.155. The first-order valence-corrected chi connectivity index (χ1v) is 5.07. The molecule has 1 N–H and O–H groups in total. The predicted octanol–water partition coefficient (Wildman–Crippen LogP) is 1.84. The van der Waals surface area contributed by atoms with E-state index in [1.807, 2.05) is 31.2 Å². The summed E-state index contributed by atoms with van der Waals surface area (Å²) in [5.74, 6) is 0.999. The molecule has 1 atom stereocenters. The minimum absolute atomic E-state index is 0.155. The molecule has 0 aromatic heterocycles. The molecule has 0 heterocycles. The van der Waals surface area contributed by atoms with Crippen molar-refractivity contribution in [2.45, 2.75) is 13.5 Å². The van der Waals surface area contributed by atoms with Crippen LogP contribution in [0.15, 0.2) is 24.3 Å². The van der Waals surface area contributed by atoms with E-state index in [-0.39, 0.29) is 12.5 Å². The van der Waals surface area contributed by atoms with Crippen LogP contribution in [0.1, 0.15) is 12.5 Å². The highest BCUT2D eigenvalue weighted by molar-refractivity contribution is 5.26. The lowest BCUT2D eigenvalue weighted by Gasteiger charge is -2.10. The zero-order valence-corrected chi connectivity index (χ0v) is 9.27. The summed E-state index contributed by atoms with van der Waals surface area (Å²) in [4.78, 5) is 0. The number of rotatable bonds is 6. The second kappa shape index (κ2) is 6.43. The van der Waals surface area contributed by atoms with Crippen molar-refractivity contribution in [3.63, 3.8) is 0 Å². The van der Waals surface area contributed by atoms with Gasteiger partial charge in [0.1, 0.15) is 5.75 Å². The van der Waals surface area contributed by atoms with E-state index in [9.17, 15) is 0 Å². The SMILES string of the molecule is COCc1ccc(OCC(C)CO)cc1. The first-order valence-electron chi connectivity index (χ1n) is 5.07. The van der Waals surface area contributed by atoms with Gasteiger partial charge in [-0.1, -0.05) is 19.1 Å². The number of aliphatic hydroxyl groups is 1. The molecule has 1 rings (SSSR count). The number of hydrogen-bond acceptors (Lipinski definition) is 3. The van der Waals surface area contributed by atoms with Gasteiger partial charge in [-0.15, -0.1) is 0 Å². The Morgan fingerprint density at radius 2 is 1.93 bits per heavy atom. The largest absolute Gasteiger partial charge is 0.493 e. The maximum atomic E-state index is 8.83. The fourth-order valence-corrected chi connectivity index (χ4v) is 1.14. The fraction of sp³-hybridized carbons (Fsp3) is 0.500. The molecule has 1 aromatic carbocycles. The van der Waals surface area contributed by atoms with Crippen LogP contribution in [0, 0.1) is 5.92 Å². The van der Waals surface area contributed by atoms with Crippen molar-refractivity contribution in [3.05, 3.63) is 29.8 Å². The van der Waals surface area contributed by atoms with Crippen LogP contribution < -0.4 is 4.74 Å². The Labute approximate surface area is 90.6 Å². The normalized spacial score (nSPS) is 12.5. The predicted molar refractivity (Wildman–Crippen MR) is 58.9 cm³/mol. The van der Waals surface area contributed by atoms with Crippen molar-refractivity contribution >= 4 is 0 Å². The third kappa shape index (κ3) is 4.32. The van der Waals surface area contributed by atoms with Gasteiger partial charge in [-0.05, 0) is 17.7 Å². The van der Waals surface area contributed by atoms with Gasteiger partial charge in [-0.3, -0.25) is 0 Å². The molecule has 0 bridgehead atoms. The Hall–Kier alpha value is -1.06. The van der Waals surface area contributed by atoms with E-state index in [2.05, 4.69) is 0 Å². The van der Waals surface area contributed by atoms with Crippen molar-refractivity contribution in [3.8, 4) is 5.75 Å². The van der Waals surface area contributed by atoms with E-state index in [0.717, 1.165) is 11.3 Å². The van der Waals surface area contributed by atoms with Gasteiger partial charge in [0.2, 0.25) is 0 Å². The van der Waals surface area contributed by atoms with Gasteiger partial charge >= 0.3 is 0 Å². The van der Waals surface area contributed by atoms with E-state index in [1.165, 1.54) is 0 Å². The summed E-state index contributed by atoms with van der Waals surface area (Å²) in [6.07, 6.45) is 0. The van der Waals surface area contributed by atoms with Gasteiger partial charge in [-0.2, -0.15) is 0 Å². The molecule has 15 heavy (non-hydrogen) atoms. The number of hydrogen-bond donors (Lipinski definition) is 1. The summed E-state index contributed by atoms with van der Waals surface area (Å²) < 4.78 is 10.5. The van der Waals surface area contributed by atoms with Crippen LogP contribution in [0.3, 0.4) is 0 Å². The third-order valence-corrected chi connectivity index (χ3v) is 2.08. The lowest BCUT2D eigenvalue weighted by molar-refractivity contribution is 0.174. The summed E-state index contributed by atoms with van der Waals surface area (Å²) in [7, 11) is 1.67.